The van der Waals surface area contributed by atoms with Gasteiger partial charge in [-0.25, -0.2) is 0 Å². The Hall–Kier alpha value is -1.20. The number of hydrogen-bond acceptors (Lipinski definition) is 4. The van der Waals surface area contributed by atoms with Crippen molar-refractivity contribution in [1.29, 1.82) is 0 Å². The summed E-state index contributed by atoms with van der Waals surface area (Å²) in [6.07, 6.45) is 1.95. The second-order valence-electron chi connectivity index (χ2n) is 4.88. The van der Waals surface area contributed by atoms with Crippen LogP contribution in [0.5, 0.6) is 0 Å². The van der Waals surface area contributed by atoms with Crippen LogP contribution in [0.25, 0.3) is 0 Å². The van der Waals surface area contributed by atoms with Crippen molar-refractivity contribution in [2.24, 2.45) is 4.99 Å². The smallest absolute Gasteiger partial charge is 0.255 e. The van der Waals surface area contributed by atoms with E-state index in [9.17, 15) is 9.90 Å². The van der Waals surface area contributed by atoms with Crippen LogP contribution in [0.1, 0.15) is 13.3 Å². The van der Waals surface area contributed by atoms with Crippen molar-refractivity contribution >= 4 is 11.6 Å². The first kappa shape index (κ1) is 14.9. The number of hydrogen-bond donors (Lipinski definition) is 1. The highest BCUT2D eigenvalue weighted by Gasteiger charge is 2.24. The van der Waals surface area contributed by atoms with E-state index < -0.39 is 6.10 Å². The van der Waals surface area contributed by atoms with E-state index >= 15 is 0 Å². The summed E-state index contributed by atoms with van der Waals surface area (Å²) in [5.41, 5.74) is 1.07. The normalized spacial score (nSPS) is 17.2. The van der Waals surface area contributed by atoms with Crippen LogP contribution in [-0.4, -0.2) is 73.4 Å². The fourth-order valence-corrected chi connectivity index (χ4v) is 1.79. The fraction of sp³-hybridized carbons (Fsp3) is 0.692. The van der Waals surface area contributed by atoms with Crippen LogP contribution in [-0.2, 0) is 4.79 Å². The summed E-state index contributed by atoms with van der Waals surface area (Å²) < 4.78 is 0. The molecule has 0 saturated carbocycles. The highest BCUT2D eigenvalue weighted by molar-refractivity contribution is 6.23. The van der Waals surface area contributed by atoms with Crippen molar-refractivity contribution < 1.29 is 9.90 Å². The lowest BCUT2D eigenvalue weighted by atomic mass is 10.0. The number of nitrogens with zero attached hydrogens (tertiary/aromatic N) is 3. The minimum atomic E-state index is -0.692. The molecule has 0 aromatic heterocycles. The molecule has 1 aliphatic rings. The first-order valence-corrected chi connectivity index (χ1v) is 6.26. The summed E-state index contributed by atoms with van der Waals surface area (Å²) in [6.45, 7) is 3.77. The van der Waals surface area contributed by atoms with Crippen LogP contribution in [0.3, 0.4) is 0 Å². The summed E-state index contributed by atoms with van der Waals surface area (Å²) in [5.74, 6) is -0.0591. The van der Waals surface area contributed by atoms with Crippen LogP contribution >= 0.6 is 0 Å². The third-order valence-electron chi connectivity index (χ3n) is 2.89. The van der Waals surface area contributed by atoms with Gasteiger partial charge in [0, 0.05) is 26.7 Å². The molecule has 0 spiro atoms. The largest absolute Gasteiger partial charge is 0.387 e. The van der Waals surface area contributed by atoms with Crippen molar-refractivity contribution in [2.45, 2.75) is 19.4 Å². The zero-order valence-electron chi connectivity index (χ0n) is 11.7. The Morgan fingerprint density at radius 1 is 1.44 bits per heavy atom. The first-order chi connectivity index (χ1) is 8.43. The highest BCUT2D eigenvalue weighted by Crippen LogP contribution is 2.13. The molecule has 5 heteroatoms. The van der Waals surface area contributed by atoms with Crippen LogP contribution < -0.4 is 0 Å². The average molecular weight is 253 g/mol. The number of dihydropyridines is 1. The molecule has 0 aromatic rings. The minimum absolute atomic E-state index is 0.0591. The predicted octanol–water partition coefficient (Wildman–Crippen LogP) is 0.158. The van der Waals surface area contributed by atoms with Crippen molar-refractivity contribution in [1.82, 2.24) is 9.80 Å². The van der Waals surface area contributed by atoms with Gasteiger partial charge in [0.25, 0.3) is 5.91 Å². The number of likely N-dealkylation sites (N-methyl/N-ethyl adjacent to an activating group) is 2. The van der Waals surface area contributed by atoms with Crippen molar-refractivity contribution in [3.63, 3.8) is 0 Å². The third-order valence-corrected chi connectivity index (χ3v) is 2.89. The minimum Gasteiger partial charge on any atom is -0.387 e. The van der Waals surface area contributed by atoms with E-state index in [1.807, 2.05) is 25.1 Å². The van der Waals surface area contributed by atoms with Crippen LogP contribution in [0.2, 0.25) is 0 Å². The van der Waals surface area contributed by atoms with Gasteiger partial charge in [-0.15, -0.1) is 0 Å². The Bertz CT molecular complexity index is 359. The predicted molar refractivity (Wildman–Crippen MR) is 72.9 cm³/mol. The van der Waals surface area contributed by atoms with E-state index in [-0.39, 0.29) is 5.91 Å². The van der Waals surface area contributed by atoms with Gasteiger partial charge in [-0.2, -0.15) is 0 Å². The zero-order valence-corrected chi connectivity index (χ0v) is 11.7. The number of rotatable bonds is 5. The number of aliphatic imine (C=N–C) groups is 1. The summed E-state index contributed by atoms with van der Waals surface area (Å²) in [5, 5.41) is 9.65. The number of aliphatic hydroxyl groups is 1. The Labute approximate surface area is 109 Å². The van der Waals surface area contributed by atoms with Crippen LogP contribution in [0.15, 0.2) is 16.6 Å². The van der Waals surface area contributed by atoms with Crippen molar-refractivity contribution in [2.75, 3.05) is 40.8 Å². The Morgan fingerprint density at radius 3 is 2.67 bits per heavy atom. The molecule has 0 aliphatic carbocycles. The van der Waals surface area contributed by atoms with Crippen LogP contribution in [0, 0.1) is 0 Å². The molecule has 1 heterocycles. The van der Waals surface area contributed by atoms with Gasteiger partial charge in [0.2, 0.25) is 0 Å². The van der Waals surface area contributed by atoms with Gasteiger partial charge in [-0.05, 0) is 27.4 Å². The molecule has 1 atom stereocenters. The summed E-state index contributed by atoms with van der Waals surface area (Å²) in [6, 6.07) is 0. The maximum absolute atomic E-state index is 12.3. The van der Waals surface area contributed by atoms with Gasteiger partial charge in [0.05, 0.1) is 17.4 Å². The number of aliphatic hydroxyl groups excluding tert-OH is 1. The molecule has 102 valence electrons. The Morgan fingerprint density at radius 2 is 2.11 bits per heavy atom. The molecule has 0 bridgehead atoms. The summed E-state index contributed by atoms with van der Waals surface area (Å²) >= 11 is 0. The lowest BCUT2D eigenvalue weighted by molar-refractivity contribution is -0.125. The van der Waals surface area contributed by atoms with Gasteiger partial charge >= 0.3 is 0 Å². The van der Waals surface area contributed by atoms with Gasteiger partial charge in [-0.3, -0.25) is 9.79 Å². The van der Waals surface area contributed by atoms with Gasteiger partial charge in [0.1, 0.15) is 0 Å². The maximum Gasteiger partial charge on any atom is 0.255 e. The quantitative estimate of drug-likeness (QED) is 0.759. The molecule has 0 saturated heterocycles. The van der Waals surface area contributed by atoms with Gasteiger partial charge in [0.15, 0.2) is 0 Å². The zero-order chi connectivity index (χ0) is 13.7. The molecule has 1 unspecified atom stereocenters. The molecule has 0 aromatic carbocycles. The van der Waals surface area contributed by atoms with E-state index in [4.69, 9.17) is 0 Å². The molecule has 1 N–H and O–H groups in total. The first-order valence-electron chi connectivity index (χ1n) is 6.26. The summed E-state index contributed by atoms with van der Waals surface area (Å²) in [7, 11) is 5.72. The second-order valence-corrected chi connectivity index (χ2v) is 4.88. The van der Waals surface area contributed by atoms with E-state index in [1.54, 1.807) is 18.9 Å². The Balaban J connectivity index is 2.70. The molecular formula is C13H23N3O2. The van der Waals surface area contributed by atoms with Crippen molar-refractivity contribution in [3.05, 3.63) is 11.6 Å². The van der Waals surface area contributed by atoms with E-state index in [1.165, 1.54) is 0 Å². The second kappa shape index (κ2) is 6.66. The molecular weight excluding hydrogens is 230 g/mol. The highest BCUT2D eigenvalue weighted by atomic mass is 16.3. The number of carbonyl (C=O) groups excluding carboxylic acids is 1. The number of carbonyl (C=O) groups is 1. The van der Waals surface area contributed by atoms with Gasteiger partial charge < -0.3 is 14.9 Å². The number of amides is 1. The lowest BCUT2D eigenvalue weighted by Crippen LogP contribution is -2.38. The maximum atomic E-state index is 12.3. The third kappa shape index (κ3) is 3.92. The average Bonchev–Trinajstić information content (AvgIpc) is 2.34. The standard InChI is InChI=1S/C13H23N3O2/c1-10(17)12-11(6-5-7-14-12)13(18)16(4)9-8-15(2)3/h6,10,17H,5,7-9H2,1-4H3. The van der Waals surface area contributed by atoms with E-state index in [2.05, 4.69) is 4.99 Å². The topological polar surface area (TPSA) is 56.1 Å². The fourth-order valence-electron chi connectivity index (χ4n) is 1.79. The van der Waals surface area contributed by atoms with E-state index in [0.29, 0.717) is 24.4 Å². The molecule has 18 heavy (non-hydrogen) atoms. The monoisotopic (exact) mass is 253 g/mol. The van der Waals surface area contributed by atoms with Crippen molar-refractivity contribution in [3.8, 4) is 0 Å². The van der Waals surface area contributed by atoms with Gasteiger partial charge in [-0.1, -0.05) is 6.08 Å². The van der Waals surface area contributed by atoms with Crippen LogP contribution in [0.4, 0.5) is 0 Å². The Kier molecular flexibility index (Phi) is 5.50. The molecule has 1 aliphatic heterocycles. The molecule has 0 fully saturated rings. The van der Waals surface area contributed by atoms with E-state index in [0.717, 1.165) is 13.0 Å². The SMILES string of the molecule is CC(O)C1=NCCC=C1C(=O)N(C)CCN(C)C. The lowest BCUT2D eigenvalue weighted by Gasteiger charge is -2.24. The molecule has 5 nitrogen and oxygen atoms in total. The molecule has 1 rings (SSSR count). The molecule has 0 radical (unpaired) electrons. The summed E-state index contributed by atoms with van der Waals surface area (Å²) in [4.78, 5) is 20.2. The molecule has 1 amide bonds.